The maximum Gasteiger partial charge on any atom is 0.0210 e. The van der Waals surface area contributed by atoms with Gasteiger partial charge in [-0.3, -0.25) is 0 Å². The van der Waals surface area contributed by atoms with Crippen LogP contribution in [-0.4, -0.2) is 0 Å². The summed E-state index contributed by atoms with van der Waals surface area (Å²) in [5.41, 5.74) is 3.13. The minimum atomic E-state index is 0.245. The van der Waals surface area contributed by atoms with Crippen molar-refractivity contribution in [1.29, 1.82) is 0 Å². The van der Waals surface area contributed by atoms with Crippen LogP contribution in [0.5, 0.6) is 0 Å². The summed E-state index contributed by atoms with van der Waals surface area (Å²) in [7, 11) is 0. The molecular weight excluding hydrogens is 224 g/mol. The van der Waals surface area contributed by atoms with Gasteiger partial charge in [0.15, 0.2) is 0 Å². The zero-order valence-corrected chi connectivity index (χ0v) is 10.4. The first kappa shape index (κ1) is 10.8. The lowest BCUT2D eigenvalue weighted by Crippen LogP contribution is -2.14. The van der Waals surface area contributed by atoms with Crippen molar-refractivity contribution in [2.45, 2.75) is 39.5 Å². The van der Waals surface area contributed by atoms with Gasteiger partial charge in [0, 0.05) is 4.47 Å². The SMILES string of the molecule is CCc1c(Br)cccc1C(C)(C)C. The average Bonchev–Trinajstić information content (AvgIpc) is 2.02. The van der Waals surface area contributed by atoms with Gasteiger partial charge in [-0.1, -0.05) is 55.8 Å². The van der Waals surface area contributed by atoms with E-state index in [1.165, 1.54) is 15.6 Å². The molecule has 0 amide bonds. The molecule has 0 unspecified atom stereocenters. The van der Waals surface area contributed by atoms with E-state index in [2.05, 4.69) is 61.8 Å². The van der Waals surface area contributed by atoms with Crippen molar-refractivity contribution < 1.29 is 0 Å². The van der Waals surface area contributed by atoms with Crippen molar-refractivity contribution in [3.8, 4) is 0 Å². The minimum absolute atomic E-state index is 0.245. The number of rotatable bonds is 1. The van der Waals surface area contributed by atoms with Gasteiger partial charge in [0.25, 0.3) is 0 Å². The highest BCUT2D eigenvalue weighted by Gasteiger charge is 2.17. The van der Waals surface area contributed by atoms with Gasteiger partial charge in [-0.25, -0.2) is 0 Å². The predicted molar refractivity (Wildman–Crippen MR) is 62.2 cm³/mol. The van der Waals surface area contributed by atoms with Crippen LogP contribution in [0, 0.1) is 0 Å². The first-order valence-corrected chi connectivity index (χ1v) is 5.54. The summed E-state index contributed by atoms with van der Waals surface area (Å²) in [5, 5.41) is 0. The van der Waals surface area contributed by atoms with Crippen LogP contribution in [-0.2, 0) is 11.8 Å². The highest BCUT2D eigenvalue weighted by molar-refractivity contribution is 9.10. The minimum Gasteiger partial charge on any atom is -0.0612 e. The highest BCUT2D eigenvalue weighted by atomic mass is 79.9. The summed E-state index contributed by atoms with van der Waals surface area (Å²) in [4.78, 5) is 0. The van der Waals surface area contributed by atoms with Gasteiger partial charge >= 0.3 is 0 Å². The Bertz CT molecular complexity index is 294. The van der Waals surface area contributed by atoms with Crippen LogP contribution in [0.4, 0.5) is 0 Å². The molecule has 0 saturated heterocycles. The van der Waals surface area contributed by atoms with E-state index in [1.807, 2.05) is 0 Å². The summed E-state index contributed by atoms with van der Waals surface area (Å²) < 4.78 is 1.24. The van der Waals surface area contributed by atoms with Crippen LogP contribution in [0.3, 0.4) is 0 Å². The van der Waals surface area contributed by atoms with Crippen LogP contribution < -0.4 is 0 Å². The fraction of sp³-hybridized carbons (Fsp3) is 0.500. The molecule has 0 aliphatic carbocycles. The van der Waals surface area contributed by atoms with E-state index in [9.17, 15) is 0 Å². The van der Waals surface area contributed by atoms with E-state index in [0.29, 0.717) is 0 Å². The molecule has 0 aliphatic rings. The summed E-state index contributed by atoms with van der Waals surface area (Å²) in [6.07, 6.45) is 1.09. The summed E-state index contributed by atoms with van der Waals surface area (Å²) in [5.74, 6) is 0. The van der Waals surface area contributed by atoms with Crippen molar-refractivity contribution in [3.63, 3.8) is 0 Å². The van der Waals surface area contributed by atoms with Gasteiger partial charge in [0.05, 0.1) is 0 Å². The normalized spacial score (nSPS) is 11.8. The third-order valence-electron chi connectivity index (χ3n) is 2.28. The molecular formula is C12H17Br. The standard InChI is InChI=1S/C12H17Br/c1-5-9-10(12(2,3)4)7-6-8-11(9)13/h6-8H,5H2,1-4H3. The van der Waals surface area contributed by atoms with E-state index < -0.39 is 0 Å². The number of hydrogen-bond acceptors (Lipinski definition) is 0. The van der Waals surface area contributed by atoms with Gasteiger partial charge in [-0.15, -0.1) is 0 Å². The molecule has 0 fully saturated rings. The Hall–Kier alpha value is -0.300. The Morgan fingerprint density at radius 2 is 1.85 bits per heavy atom. The molecule has 0 nitrogen and oxygen atoms in total. The Morgan fingerprint density at radius 1 is 1.23 bits per heavy atom. The van der Waals surface area contributed by atoms with Crippen molar-refractivity contribution in [1.82, 2.24) is 0 Å². The van der Waals surface area contributed by atoms with Gasteiger partial charge in [0.1, 0.15) is 0 Å². The first-order valence-electron chi connectivity index (χ1n) is 4.74. The van der Waals surface area contributed by atoms with Gasteiger partial charge < -0.3 is 0 Å². The van der Waals surface area contributed by atoms with Crippen LogP contribution in [0.2, 0.25) is 0 Å². The smallest absolute Gasteiger partial charge is 0.0210 e. The lowest BCUT2D eigenvalue weighted by Gasteiger charge is -2.23. The second-order valence-electron chi connectivity index (χ2n) is 4.37. The molecule has 13 heavy (non-hydrogen) atoms. The first-order chi connectivity index (χ1) is 5.96. The van der Waals surface area contributed by atoms with Crippen LogP contribution in [0.15, 0.2) is 22.7 Å². The third kappa shape index (κ3) is 2.34. The second kappa shape index (κ2) is 3.83. The molecule has 0 aliphatic heterocycles. The van der Waals surface area contributed by atoms with Crippen LogP contribution in [0.1, 0.15) is 38.8 Å². The number of halogens is 1. The molecule has 0 bridgehead atoms. The molecule has 0 atom stereocenters. The van der Waals surface area contributed by atoms with E-state index in [1.54, 1.807) is 0 Å². The topological polar surface area (TPSA) is 0 Å². The van der Waals surface area contributed by atoms with Crippen molar-refractivity contribution >= 4 is 15.9 Å². The van der Waals surface area contributed by atoms with Gasteiger partial charge in [0.2, 0.25) is 0 Å². The van der Waals surface area contributed by atoms with Gasteiger partial charge in [-0.05, 0) is 29.0 Å². The largest absolute Gasteiger partial charge is 0.0612 e. The molecule has 1 heteroatoms. The average molecular weight is 241 g/mol. The Kier molecular flexibility index (Phi) is 3.18. The molecule has 0 saturated carbocycles. The monoisotopic (exact) mass is 240 g/mol. The third-order valence-corrected chi connectivity index (χ3v) is 3.02. The molecule has 0 aromatic heterocycles. The maximum atomic E-state index is 3.60. The lowest BCUT2D eigenvalue weighted by molar-refractivity contribution is 0.582. The van der Waals surface area contributed by atoms with E-state index in [0.717, 1.165) is 6.42 Å². The van der Waals surface area contributed by atoms with Crippen molar-refractivity contribution in [2.75, 3.05) is 0 Å². The molecule has 0 spiro atoms. The van der Waals surface area contributed by atoms with Gasteiger partial charge in [-0.2, -0.15) is 0 Å². The quantitative estimate of drug-likeness (QED) is 0.687. The molecule has 1 rings (SSSR count). The second-order valence-corrected chi connectivity index (χ2v) is 5.22. The molecule has 0 N–H and O–H groups in total. The fourth-order valence-electron chi connectivity index (χ4n) is 1.62. The summed E-state index contributed by atoms with van der Waals surface area (Å²) in [6, 6.07) is 6.46. The van der Waals surface area contributed by atoms with E-state index in [-0.39, 0.29) is 5.41 Å². The molecule has 1 aromatic rings. The summed E-state index contributed by atoms with van der Waals surface area (Å²) in [6.45, 7) is 8.98. The fourth-order valence-corrected chi connectivity index (χ4v) is 2.27. The van der Waals surface area contributed by atoms with Crippen molar-refractivity contribution in [2.24, 2.45) is 0 Å². The van der Waals surface area contributed by atoms with Crippen LogP contribution in [0.25, 0.3) is 0 Å². The highest BCUT2D eigenvalue weighted by Crippen LogP contribution is 2.30. The zero-order chi connectivity index (χ0) is 10.1. The Balaban J connectivity index is 3.29. The molecule has 1 aromatic carbocycles. The molecule has 72 valence electrons. The lowest BCUT2D eigenvalue weighted by atomic mass is 9.83. The summed E-state index contributed by atoms with van der Waals surface area (Å²) >= 11 is 3.60. The maximum absolute atomic E-state index is 3.60. The number of benzene rings is 1. The zero-order valence-electron chi connectivity index (χ0n) is 8.82. The van der Waals surface area contributed by atoms with Crippen LogP contribution >= 0.6 is 15.9 Å². The van der Waals surface area contributed by atoms with E-state index >= 15 is 0 Å². The number of hydrogen-bond donors (Lipinski definition) is 0. The Labute approximate surface area is 89.5 Å². The van der Waals surface area contributed by atoms with E-state index in [4.69, 9.17) is 0 Å². The van der Waals surface area contributed by atoms with Crippen molar-refractivity contribution in [3.05, 3.63) is 33.8 Å². The molecule has 0 radical (unpaired) electrons. The predicted octanol–water partition coefficient (Wildman–Crippen LogP) is 4.31. The Morgan fingerprint density at radius 3 is 2.23 bits per heavy atom. The molecule has 0 heterocycles.